The maximum Gasteiger partial charge on any atom is 0.306 e. The van der Waals surface area contributed by atoms with Crippen LogP contribution in [0.4, 0.5) is 0 Å². The SMILES string of the molecule is CCCCCCCC/C=C\CCCCCCCC(=O)OC(COC(=O)CCC)COC(=O)CCCCCCCCCCC. The summed E-state index contributed by atoms with van der Waals surface area (Å²) in [5, 5.41) is 0. The van der Waals surface area contributed by atoms with E-state index in [0.717, 1.165) is 44.9 Å². The van der Waals surface area contributed by atoms with Gasteiger partial charge in [0, 0.05) is 19.3 Å². The Morgan fingerprint density at radius 2 is 0.814 bits per heavy atom. The summed E-state index contributed by atoms with van der Waals surface area (Å²) in [5.41, 5.74) is 0. The lowest BCUT2D eigenvalue weighted by Crippen LogP contribution is -2.30. The van der Waals surface area contributed by atoms with Gasteiger partial charge in [-0.15, -0.1) is 0 Å². The van der Waals surface area contributed by atoms with E-state index in [-0.39, 0.29) is 31.1 Å². The number of hydrogen-bond acceptors (Lipinski definition) is 6. The lowest BCUT2D eigenvalue weighted by Gasteiger charge is -2.18. The van der Waals surface area contributed by atoms with E-state index in [1.807, 2.05) is 6.92 Å². The number of allylic oxidation sites excluding steroid dienone is 2. The molecule has 0 aliphatic rings. The van der Waals surface area contributed by atoms with Crippen molar-refractivity contribution in [3.05, 3.63) is 12.2 Å². The fraction of sp³-hybridized carbons (Fsp3) is 0.865. The molecule has 0 spiro atoms. The first kappa shape index (κ1) is 41.1. The Morgan fingerprint density at radius 3 is 1.26 bits per heavy atom. The number of hydrogen-bond donors (Lipinski definition) is 0. The Labute approximate surface area is 265 Å². The molecule has 0 radical (unpaired) electrons. The van der Waals surface area contributed by atoms with Crippen LogP contribution in [0.1, 0.15) is 188 Å². The van der Waals surface area contributed by atoms with Crippen molar-refractivity contribution in [2.24, 2.45) is 0 Å². The van der Waals surface area contributed by atoms with E-state index in [4.69, 9.17) is 14.2 Å². The number of carbonyl (C=O) groups is 3. The molecule has 0 aliphatic heterocycles. The van der Waals surface area contributed by atoms with E-state index in [9.17, 15) is 14.4 Å². The molecule has 1 atom stereocenters. The highest BCUT2D eigenvalue weighted by Crippen LogP contribution is 2.13. The minimum Gasteiger partial charge on any atom is -0.462 e. The van der Waals surface area contributed by atoms with Gasteiger partial charge in [-0.2, -0.15) is 0 Å². The smallest absolute Gasteiger partial charge is 0.306 e. The molecule has 0 heterocycles. The first-order valence-corrected chi connectivity index (χ1v) is 18.2. The Hall–Kier alpha value is -1.85. The molecule has 0 saturated carbocycles. The molecule has 0 rings (SSSR count). The molecule has 6 nitrogen and oxygen atoms in total. The molecule has 43 heavy (non-hydrogen) atoms. The molecule has 0 aliphatic carbocycles. The normalized spacial score (nSPS) is 12.0. The first-order chi connectivity index (χ1) is 21.0. The summed E-state index contributed by atoms with van der Waals surface area (Å²) >= 11 is 0. The molecule has 0 bridgehead atoms. The van der Waals surface area contributed by atoms with Crippen LogP contribution in [0, 0.1) is 0 Å². The summed E-state index contributed by atoms with van der Waals surface area (Å²) in [7, 11) is 0. The van der Waals surface area contributed by atoms with Crippen molar-refractivity contribution in [3.8, 4) is 0 Å². The number of unbranched alkanes of at least 4 members (excludes halogenated alkanes) is 19. The average molecular weight is 609 g/mol. The molecule has 0 fully saturated rings. The standard InChI is InChI=1S/C37H68O6/c1-4-7-9-11-13-15-16-17-18-19-20-22-24-26-28-31-37(40)43-34(32-41-35(38)29-6-3)33-42-36(39)30-27-25-23-21-14-12-10-8-5-2/h17-18,34H,4-16,19-33H2,1-3H3/b18-17-. The molecule has 252 valence electrons. The van der Waals surface area contributed by atoms with E-state index in [0.29, 0.717) is 25.7 Å². The van der Waals surface area contributed by atoms with Crippen LogP contribution in [-0.2, 0) is 28.6 Å². The van der Waals surface area contributed by atoms with Gasteiger partial charge in [-0.3, -0.25) is 14.4 Å². The maximum absolute atomic E-state index is 12.4. The maximum atomic E-state index is 12.4. The second kappa shape index (κ2) is 33.1. The van der Waals surface area contributed by atoms with Gasteiger partial charge in [0.05, 0.1) is 0 Å². The monoisotopic (exact) mass is 609 g/mol. The highest BCUT2D eigenvalue weighted by molar-refractivity contribution is 5.71. The number of rotatable bonds is 32. The summed E-state index contributed by atoms with van der Waals surface area (Å²) in [4.78, 5) is 36.5. The summed E-state index contributed by atoms with van der Waals surface area (Å²) < 4.78 is 16.2. The highest BCUT2D eigenvalue weighted by atomic mass is 16.6. The minimum absolute atomic E-state index is 0.0756. The first-order valence-electron chi connectivity index (χ1n) is 18.2. The van der Waals surface area contributed by atoms with Gasteiger partial charge < -0.3 is 14.2 Å². The summed E-state index contributed by atoms with van der Waals surface area (Å²) in [6, 6.07) is 0. The lowest BCUT2D eigenvalue weighted by molar-refractivity contribution is -0.167. The summed E-state index contributed by atoms with van der Waals surface area (Å²) in [6.07, 6.45) is 31.9. The molecule has 0 saturated heterocycles. The molecule has 6 heteroatoms. The summed E-state index contributed by atoms with van der Waals surface area (Å²) in [6.45, 7) is 6.23. The Morgan fingerprint density at radius 1 is 0.442 bits per heavy atom. The van der Waals surface area contributed by atoms with Crippen LogP contribution in [0.2, 0.25) is 0 Å². The van der Waals surface area contributed by atoms with E-state index in [1.165, 1.54) is 96.3 Å². The third-order valence-corrected chi connectivity index (χ3v) is 7.74. The van der Waals surface area contributed by atoms with Gasteiger partial charge in [0.1, 0.15) is 13.2 Å². The zero-order valence-electron chi connectivity index (χ0n) is 28.5. The Bertz CT molecular complexity index is 674. The minimum atomic E-state index is -0.761. The van der Waals surface area contributed by atoms with Gasteiger partial charge in [-0.1, -0.05) is 136 Å². The van der Waals surface area contributed by atoms with E-state index >= 15 is 0 Å². The van der Waals surface area contributed by atoms with Crippen LogP contribution in [0.5, 0.6) is 0 Å². The third-order valence-electron chi connectivity index (χ3n) is 7.74. The number of esters is 3. The molecule has 0 N–H and O–H groups in total. The molecule has 0 amide bonds. The van der Waals surface area contributed by atoms with Gasteiger partial charge in [0.25, 0.3) is 0 Å². The molecule has 0 aromatic rings. The predicted octanol–water partition coefficient (Wildman–Crippen LogP) is 10.7. The predicted molar refractivity (Wildman–Crippen MR) is 178 cm³/mol. The fourth-order valence-corrected chi connectivity index (χ4v) is 5.00. The van der Waals surface area contributed by atoms with Crippen molar-refractivity contribution in [3.63, 3.8) is 0 Å². The summed E-state index contributed by atoms with van der Waals surface area (Å²) in [5.74, 6) is -0.952. The second-order valence-electron chi connectivity index (χ2n) is 12.1. The topological polar surface area (TPSA) is 78.9 Å². The zero-order valence-corrected chi connectivity index (χ0v) is 28.5. The quantitative estimate of drug-likeness (QED) is 0.0327. The molecule has 0 aromatic heterocycles. The van der Waals surface area contributed by atoms with Crippen molar-refractivity contribution in [1.82, 2.24) is 0 Å². The van der Waals surface area contributed by atoms with Gasteiger partial charge in [-0.25, -0.2) is 0 Å². The van der Waals surface area contributed by atoms with Crippen LogP contribution < -0.4 is 0 Å². The van der Waals surface area contributed by atoms with Crippen LogP contribution in [-0.4, -0.2) is 37.2 Å². The van der Waals surface area contributed by atoms with E-state index in [1.54, 1.807) is 0 Å². The van der Waals surface area contributed by atoms with Crippen molar-refractivity contribution in [1.29, 1.82) is 0 Å². The Kier molecular flexibility index (Phi) is 31.6. The van der Waals surface area contributed by atoms with E-state index < -0.39 is 6.10 Å². The van der Waals surface area contributed by atoms with Crippen LogP contribution in [0.25, 0.3) is 0 Å². The van der Waals surface area contributed by atoms with Crippen molar-refractivity contribution < 1.29 is 28.6 Å². The van der Waals surface area contributed by atoms with Gasteiger partial charge >= 0.3 is 17.9 Å². The van der Waals surface area contributed by atoms with Gasteiger partial charge in [0.15, 0.2) is 6.10 Å². The average Bonchev–Trinajstić information content (AvgIpc) is 2.99. The molecular formula is C37H68O6. The van der Waals surface area contributed by atoms with Crippen LogP contribution in [0.3, 0.4) is 0 Å². The number of ether oxygens (including phenoxy) is 3. The molecular weight excluding hydrogens is 540 g/mol. The molecule has 0 aromatic carbocycles. The lowest BCUT2D eigenvalue weighted by atomic mass is 10.1. The fourth-order valence-electron chi connectivity index (χ4n) is 5.00. The Balaban J connectivity index is 4.06. The van der Waals surface area contributed by atoms with Crippen molar-refractivity contribution in [2.75, 3.05) is 13.2 Å². The second-order valence-corrected chi connectivity index (χ2v) is 12.1. The third kappa shape index (κ3) is 31.4. The van der Waals surface area contributed by atoms with Crippen molar-refractivity contribution in [2.45, 2.75) is 194 Å². The van der Waals surface area contributed by atoms with Crippen LogP contribution in [0.15, 0.2) is 12.2 Å². The largest absolute Gasteiger partial charge is 0.462 e. The van der Waals surface area contributed by atoms with Crippen LogP contribution >= 0.6 is 0 Å². The van der Waals surface area contributed by atoms with Gasteiger partial charge in [-0.05, 0) is 44.9 Å². The zero-order chi connectivity index (χ0) is 31.6. The number of carbonyl (C=O) groups excluding carboxylic acids is 3. The highest BCUT2D eigenvalue weighted by Gasteiger charge is 2.19. The van der Waals surface area contributed by atoms with E-state index in [2.05, 4.69) is 26.0 Å². The van der Waals surface area contributed by atoms with Gasteiger partial charge in [0.2, 0.25) is 0 Å². The van der Waals surface area contributed by atoms with Crippen molar-refractivity contribution >= 4 is 17.9 Å². The molecule has 1 unspecified atom stereocenters.